The molecule has 1 aliphatic heterocycles. The minimum absolute atomic E-state index is 0.267. The van der Waals surface area contributed by atoms with Crippen molar-refractivity contribution in [3.63, 3.8) is 0 Å². The first-order valence-electron chi connectivity index (χ1n) is 7.10. The summed E-state index contributed by atoms with van der Waals surface area (Å²) < 4.78 is 11.2. The zero-order chi connectivity index (χ0) is 13.7. The number of hydrogen-bond donors (Lipinski definition) is 1. The first-order chi connectivity index (χ1) is 9.20. The summed E-state index contributed by atoms with van der Waals surface area (Å²) in [6.45, 7) is 7.56. The maximum absolute atomic E-state index is 5.87. The molecule has 1 aromatic rings. The largest absolute Gasteiger partial charge is 0.381 e. The second kappa shape index (κ2) is 7.04. The Hall–Kier alpha value is -0.900. The van der Waals surface area contributed by atoms with Gasteiger partial charge >= 0.3 is 0 Å². The van der Waals surface area contributed by atoms with Crippen molar-refractivity contribution < 1.29 is 9.47 Å². The third-order valence-corrected chi connectivity index (χ3v) is 3.81. The van der Waals surface area contributed by atoms with E-state index in [1.807, 2.05) is 7.05 Å². The molecule has 0 radical (unpaired) electrons. The van der Waals surface area contributed by atoms with Gasteiger partial charge < -0.3 is 14.8 Å². The number of aryl methyl sites for hydroxylation is 2. The zero-order valence-corrected chi connectivity index (χ0v) is 12.2. The summed E-state index contributed by atoms with van der Waals surface area (Å²) in [5, 5.41) is 3.35. The molecule has 106 valence electrons. The lowest BCUT2D eigenvalue weighted by Gasteiger charge is -2.20. The van der Waals surface area contributed by atoms with Crippen molar-refractivity contribution in [3.05, 3.63) is 34.9 Å². The van der Waals surface area contributed by atoms with E-state index in [-0.39, 0.29) is 6.04 Å². The van der Waals surface area contributed by atoms with E-state index in [9.17, 15) is 0 Å². The predicted molar refractivity (Wildman–Crippen MR) is 77.5 cm³/mol. The van der Waals surface area contributed by atoms with Crippen LogP contribution in [-0.4, -0.2) is 33.5 Å². The maximum atomic E-state index is 5.87. The van der Waals surface area contributed by atoms with E-state index in [4.69, 9.17) is 9.47 Å². The third kappa shape index (κ3) is 4.03. The SMILES string of the molecule is CNC(COCC1CCOC1)c1ccc(C)cc1C. The Morgan fingerprint density at radius 2 is 2.26 bits per heavy atom. The van der Waals surface area contributed by atoms with Crippen LogP contribution < -0.4 is 5.32 Å². The third-order valence-electron chi connectivity index (χ3n) is 3.81. The molecule has 0 aliphatic carbocycles. The topological polar surface area (TPSA) is 30.5 Å². The normalized spacial score (nSPS) is 20.7. The van der Waals surface area contributed by atoms with Gasteiger partial charge in [-0.25, -0.2) is 0 Å². The first-order valence-corrected chi connectivity index (χ1v) is 7.10. The number of likely N-dealkylation sites (N-methyl/N-ethyl adjacent to an activating group) is 1. The van der Waals surface area contributed by atoms with Crippen LogP contribution in [0.3, 0.4) is 0 Å². The Balaban J connectivity index is 1.88. The quantitative estimate of drug-likeness (QED) is 0.856. The van der Waals surface area contributed by atoms with E-state index < -0.39 is 0 Å². The van der Waals surface area contributed by atoms with Crippen molar-refractivity contribution in [3.8, 4) is 0 Å². The molecule has 0 amide bonds. The lowest BCUT2D eigenvalue weighted by atomic mass is 10.00. The summed E-state index contributed by atoms with van der Waals surface area (Å²) in [7, 11) is 1.99. The van der Waals surface area contributed by atoms with E-state index in [0.717, 1.165) is 32.8 Å². The lowest BCUT2D eigenvalue weighted by molar-refractivity contribution is 0.0757. The highest BCUT2D eigenvalue weighted by Gasteiger charge is 2.17. The first kappa shape index (κ1) is 14.5. The molecule has 0 aromatic heterocycles. The van der Waals surface area contributed by atoms with Crippen molar-refractivity contribution >= 4 is 0 Å². The van der Waals surface area contributed by atoms with Gasteiger partial charge in [0.15, 0.2) is 0 Å². The van der Waals surface area contributed by atoms with Gasteiger partial charge in [-0.05, 0) is 38.4 Å². The molecule has 1 saturated heterocycles. The van der Waals surface area contributed by atoms with Crippen LogP contribution in [-0.2, 0) is 9.47 Å². The standard InChI is InChI=1S/C16H25NO2/c1-12-4-5-15(13(2)8-12)16(17-3)11-19-10-14-6-7-18-9-14/h4-5,8,14,16-17H,6-7,9-11H2,1-3H3. The Morgan fingerprint density at radius 3 is 2.89 bits per heavy atom. The molecule has 1 heterocycles. The maximum Gasteiger partial charge on any atom is 0.0661 e. The Labute approximate surface area is 116 Å². The van der Waals surface area contributed by atoms with Crippen molar-refractivity contribution in [2.24, 2.45) is 5.92 Å². The molecular weight excluding hydrogens is 238 g/mol. The molecule has 19 heavy (non-hydrogen) atoms. The highest BCUT2D eigenvalue weighted by atomic mass is 16.5. The monoisotopic (exact) mass is 263 g/mol. The predicted octanol–water partition coefficient (Wildman–Crippen LogP) is 2.62. The fourth-order valence-electron chi connectivity index (χ4n) is 2.61. The van der Waals surface area contributed by atoms with Crippen LogP contribution >= 0.6 is 0 Å². The van der Waals surface area contributed by atoms with Gasteiger partial charge in [0.1, 0.15) is 0 Å². The molecule has 1 aliphatic rings. The van der Waals surface area contributed by atoms with Gasteiger partial charge in [0.2, 0.25) is 0 Å². The van der Waals surface area contributed by atoms with E-state index in [0.29, 0.717) is 5.92 Å². The summed E-state index contributed by atoms with van der Waals surface area (Å²) in [4.78, 5) is 0. The zero-order valence-electron chi connectivity index (χ0n) is 12.2. The van der Waals surface area contributed by atoms with E-state index in [1.165, 1.54) is 16.7 Å². The second-order valence-electron chi connectivity index (χ2n) is 5.47. The average molecular weight is 263 g/mol. The van der Waals surface area contributed by atoms with Crippen LogP contribution in [0, 0.1) is 19.8 Å². The van der Waals surface area contributed by atoms with E-state index in [1.54, 1.807) is 0 Å². The molecule has 3 heteroatoms. The number of ether oxygens (including phenoxy) is 2. The number of benzene rings is 1. The summed E-state index contributed by atoms with van der Waals surface area (Å²) in [6.07, 6.45) is 1.13. The van der Waals surface area contributed by atoms with Crippen LogP contribution in [0.1, 0.15) is 29.2 Å². The summed E-state index contributed by atoms with van der Waals surface area (Å²) >= 11 is 0. The molecule has 2 rings (SSSR count). The fraction of sp³-hybridized carbons (Fsp3) is 0.625. The summed E-state index contributed by atoms with van der Waals surface area (Å²) in [5.74, 6) is 0.580. The smallest absolute Gasteiger partial charge is 0.0661 e. The highest BCUT2D eigenvalue weighted by molar-refractivity contribution is 5.32. The molecule has 0 bridgehead atoms. The lowest BCUT2D eigenvalue weighted by Crippen LogP contribution is -2.24. The number of hydrogen-bond acceptors (Lipinski definition) is 3. The molecule has 3 nitrogen and oxygen atoms in total. The van der Waals surface area contributed by atoms with E-state index >= 15 is 0 Å². The second-order valence-corrected chi connectivity index (χ2v) is 5.47. The van der Waals surface area contributed by atoms with Crippen molar-refractivity contribution in [1.82, 2.24) is 5.32 Å². The molecule has 0 spiro atoms. The van der Waals surface area contributed by atoms with Crippen LogP contribution in [0.25, 0.3) is 0 Å². The van der Waals surface area contributed by atoms with Gasteiger partial charge in [0, 0.05) is 12.5 Å². The van der Waals surface area contributed by atoms with Gasteiger partial charge in [-0.1, -0.05) is 23.8 Å². The van der Waals surface area contributed by atoms with Crippen LogP contribution in [0.15, 0.2) is 18.2 Å². The molecule has 0 saturated carbocycles. The van der Waals surface area contributed by atoms with Gasteiger partial charge in [-0.15, -0.1) is 0 Å². The molecule has 1 aromatic carbocycles. The Morgan fingerprint density at radius 1 is 1.42 bits per heavy atom. The van der Waals surface area contributed by atoms with Gasteiger partial charge in [0.05, 0.1) is 25.9 Å². The van der Waals surface area contributed by atoms with Crippen LogP contribution in [0.5, 0.6) is 0 Å². The molecule has 2 unspecified atom stereocenters. The Kier molecular flexibility index (Phi) is 5.37. The van der Waals surface area contributed by atoms with Crippen molar-refractivity contribution in [2.75, 3.05) is 33.5 Å². The van der Waals surface area contributed by atoms with E-state index in [2.05, 4.69) is 37.4 Å². The van der Waals surface area contributed by atoms with Crippen molar-refractivity contribution in [2.45, 2.75) is 26.3 Å². The molecular formula is C16H25NO2. The molecule has 1 fully saturated rings. The summed E-state index contributed by atoms with van der Waals surface area (Å²) in [6, 6.07) is 6.86. The molecule has 1 N–H and O–H groups in total. The van der Waals surface area contributed by atoms with Gasteiger partial charge in [-0.2, -0.15) is 0 Å². The Bertz CT molecular complexity index is 400. The highest BCUT2D eigenvalue weighted by Crippen LogP contribution is 2.20. The van der Waals surface area contributed by atoms with Gasteiger partial charge in [-0.3, -0.25) is 0 Å². The number of rotatable bonds is 6. The minimum atomic E-state index is 0.267. The fourth-order valence-corrected chi connectivity index (χ4v) is 2.61. The summed E-state index contributed by atoms with van der Waals surface area (Å²) in [5.41, 5.74) is 3.96. The molecule has 2 atom stereocenters. The average Bonchev–Trinajstić information content (AvgIpc) is 2.89. The number of nitrogens with one attached hydrogen (secondary N) is 1. The van der Waals surface area contributed by atoms with Crippen molar-refractivity contribution in [1.29, 1.82) is 0 Å². The minimum Gasteiger partial charge on any atom is -0.381 e. The van der Waals surface area contributed by atoms with Crippen LogP contribution in [0.4, 0.5) is 0 Å². The van der Waals surface area contributed by atoms with Gasteiger partial charge in [0.25, 0.3) is 0 Å². The van der Waals surface area contributed by atoms with Crippen LogP contribution in [0.2, 0.25) is 0 Å².